The van der Waals surface area contributed by atoms with E-state index in [9.17, 15) is 4.79 Å². The molecule has 3 heterocycles. The summed E-state index contributed by atoms with van der Waals surface area (Å²) in [6, 6.07) is 8.16. The molecule has 2 aliphatic rings. The standard InChI is InChI=1S/C20H24N4O3/c25-19(26)14-27-18-5-4-15(20-21-6-2-7-22-20)11-16(18)12-23-9-10-24-8-1-3-17(24)13-23/h2,4-7,11,17H,1,3,8-10,12-14H2,(H,25,26). The fourth-order valence-electron chi connectivity index (χ4n) is 4.01. The minimum atomic E-state index is -0.976. The molecule has 0 bridgehead atoms. The molecule has 1 aromatic carbocycles. The molecular weight excluding hydrogens is 344 g/mol. The number of aliphatic carboxylic acids is 1. The number of hydrogen-bond acceptors (Lipinski definition) is 6. The average molecular weight is 368 g/mol. The van der Waals surface area contributed by atoms with Gasteiger partial charge in [0.15, 0.2) is 12.4 Å². The largest absolute Gasteiger partial charge is 0.482 e. The topological polar surface area (TPSA) is 78.8 Å². The Bertz CT molecular complexity index is 799. The van der Waals surface area contributed by atoms with Gasteiger partial charge in [-0.25, -0.2) is 14.8 Å². The van der Waals surface area contributed by atoms with Crippen LogP contribution in [0.3, 0.4) is 0 Å². The van der Waals surface area contributed by atoms with E-state index in [0.717, 1.165) is 37.3 Å². The van der Waals surface area contributed by atoms with Crippen molar-refractivity contribution in [3.05, 3.63) is 42.2 Å². The first-order valence-electron chi connectivity index (χ1n) is 9.40. The highest BCUT2D eigenvalue weighted by Gasteiger charge is 2.30. The van der Waals surface area contributed by atoms with E-state index >= 15 is 0 Å². The number of carbonyl (C=O) groups is 1. The number of hydrogen-bond donors (Lipinski definition) is 1. The van der Waals surface area contributed by atoms with Crippen LogP contribution in [0.4, 0.5) is 0 Å². The van der Waals surface area contributed by atoms with Crippen molar-refractivity contribution in [3.63, 3.8) is 0 Å². The summed E-state index contributed by atoms with van der Waals surface area (Å²) >= 11 is 0. The number of rotatable bonds is 6. The molecule has 0 aliphatic carbocycles. The Morgan fingerprint density at radius 3 is 2.89 bits per heavy atom. The molecule has 2 aliphatic heterocycles. The van der Waals surface area contributed by atoms with Crippen molar-refractivity contribution in [1.29, 1.82) is 0 Å². The summed E-state index contributed by atoms with van der Waals surface area (Å²) in [6.45, 7) is 4.76. The number of carboxylic acids is 1. The number of piperazine rings is 1. The maximum Gasteiger partial charge on any atom is 0.341 e. The van der Waals surface area contributed by atoms with Crippen LogP contribution < -0.4 is 4.74 Å². The molecule has 0 saturated carbocycles. The Morgan fingerprint density at radius 2 is 2.07 bits per heavy atom. The number of ether oxygens (including phenoxy) is 1. The molecule has 0 spiro atoms. The van der Waals surface area contributed by atoms with Gasteiger partial charge in [0.2, 0.25) is 0 Å². The number of nitrogens with zero attached hydrogens (tertiary/aromatic N) is 4. The lowest BCUT2D eigenvalue weighted by Gasteiger charge is -2.37. The van der Waals surface area contributed by atoms with Gasteiger partial charge in [0, 0.05) is 55.7 Å². The van der Waals surface area contributed by atoms with E-state index in [1.807, 2.05) is 18.2 Å². The van der Waals surface area contributed by atoms with Crippen LogP contribution in [-0.4, -0.2) is 69.7 Å². The average Bonchev–Trinajstić information content (AvgIpc) is 3.15. The molecule has 4 rings (SSSR count). The summed E-state index contributed by atoms with van der Waals surface area (Å²) in [5.41, 5.74) is 1.89. The Morgan fingerprint density at radius 1 is 1.22 bits per heavy atom. The van der Waals surface area contributed by atoms with E-state index in [2.05, 4.69) is 19.8 Å². The third-order valence-corrected chi connectivity index (χ3v) is 5.30. The summed E-state index contributed by atoms with van der Waals surface area (Å²) in [7, 11) is 0. The van der Waals surface area contributed by atoms with Gasteiger partial charge in [0.25, 0.3) is 0 Å². The molecule has 1 aromatic heterocycles. The van der Waals surface area contributed by atoms with Gasteiger partial charge in [-0.1, -0.05) is 0 Å². The molecule has 7 heteroatoms. The van der Waals surface area contributed by atoms with Crippen LogP contribution >= 0.6 is 0 Å². The molecule has 2 saturated heterocycles. The van der Waals surface area contributed by atoms with Gasteiger partial charge in [-0.3, -0.25) is 9.80 Å². The molecule has 27 heavy (non-hydrogen) atoms. The van der Waals surface area contributed by atoms with Crippen LogP contribution in [0.1, 0.15) is 18.4 Å². The van der Waals surface area contributed by atoms with E-state index < -0.39 is 5.97 Å². The van der Waals surface area contributed by atoms with Crippen LogP contribution in [0.5, 0.6) is 5.75 Å². The van der Waals surface area contributed by atoms with Crippen molar-refractivity contribution >= 4 is 5.97 Å². The van der Waals surface area contributed by atoms with E-state index in [1.54, 1.807) is 18.5 Å². The second kappa shape index (κ2) is 8.02. The second-order valence-corrected chi connectivity index (χ2v) is 7.14. The number of benzene rings is 1. The maximum absolute atomic E-state index is 10.9. The SMILES string of the molecule is O=C(O)COc1ccc(-c2ncccn2)cc1CN1CCN2CCCC2C1. The van der Waals surface area contributed by atoms with Gasteiger partial charge in [0.1, 0.15) is 5.75 Å². The predicted molar refractivity (Wildman–Crippen MR) is 100 cm³/mol. The maximum atomic E-state index is 10.9. The molecule has 1 unspecified atom stereocenters. The van der Waals surface area contributed by atoms with Crippen LogP contribution in [0, 0.1) is 0 Å². The summed E-state index contributed by atoms with van der Waals surface area (Å²) < 4.78 is 5.54. The summed E-state index contributed by atoms with van der Waals surface area (Å²) in [5.74, 6) is 0.297. The molecule has 0 radical (unpaired) electrons. The number of aromatic nitrogens is 2. The summed E-state index contributed by atoms with van der Waals surface area (Å²) in [4.78, 5) is 24.6. The highest BCUT2D eigenvalue weighted by atomic mass is 16.5. The number of carboxylic acid groups (broad SMARTS) is 1. The van der Waals surface area contributed by atoms with E-state index in [-0.39, 0.29) is 6.61 Å². The van der Waals surface area contributed by atoms with E-state index in [1.165, 1.54) is 19.4 Å². The predicted octanol–water partition coefficient (Wildman–Crippen LogP) is 1.89. The van der Waals surface area contributed by atoms with Crippen LogP contribution in [-0.2, 0) is 11.3 Å². The Labute approximate surface area is 158 Å². The molecule has 2 aromatic rings. The normalized spacial score (nSPS) is 20.4. The fraction of sp³-hybridized carbons (Fsp3) is 0.450. The van der Waals surface area contributed by atoms with Crippen molar-refractivity contribution < 1.29 is 14.6 Å². The zero-order valence-electron chi connectivity index (χ0n) is 15.3. The highest BCUT2D eigenvalue weighted by Crippen LogP contribution is 2.28. The second-order valence-electron chi connectivity index (χ2n) is 7.14. The molecule has 0 amide bonds. The first-order valence-corrected chi connectivity index (χ1v) is 9.40. The van der Waals surface area contributed by atoms with Crippen LogP contribution in [0.2, 0.25) is 0 Å². The first-order chi connectivity index (χ1) is 13.2. The summed E-state index contributed by atoms with van der Waals surface area (Å²) in [5, 5.41) is 8.96. The molecule has 1 atom stereocenters. The minimum Gasteiger partial charge on any atom is -0.482 e. The summed E-state index contributed by atoms with van der Waals surface area (Å²) in [6.07, 6.45) is 5.98. The quantitative estimate of drug-likeness (QED) is 0.834. The van der Waals surface area contributed by atoms with E-state index in [4.69, 9.17) is 9.84 Å². The zero-order chi connectivity index (χ0) is 18.6. The van der Waals surface area contributed by atoms with E-state index in [0.29, 0.717) is 17.6 Å². The van der Waals surface area contributed by atoms with Gasteiger partial charge >= 0.3 is 5.97 Å². The molecule has 2 fully saturated rings. The van der Waals surface area contributed by atoms with Crippen molar-refractivity contribution in [3.8, 4) is 17.1 Å². The lowest BCUT2D eigenvalue weighted by atomic mass is 10.1. The Kier molecular flexibility index (Phi) is 5.31. The van der Waals surface area contributed by atoms with Gasteiger partial charge in [0.05, 0.1) is 0 Å². The van der Waals surface area contributed by atoms with Crippen molar-refractivity contribution in [2.24, 2.45) is 0 Å². The van der Waals surface area contributed by atoms with Crippen molar-refractivity contribution in [1.82, 2.24) is 19.8 Å². The lowest BCUT2D eigenvalue weighted by Crippen LogP contribution is -2.49. The van der Waals surface area contributed by atoms with Gasteiger partial charge in [-0.05, 0) is 43.7 Å². The molecule has 7 nitrogen and oxygen atoms in total. The highest BCUT2D eigenvalue weighted by molar-refractivity contribution is 5.68. The van der Waals surface area contributed by atoms with Crippen molar-refractivity contribution in [2.45, 2.75) is 25.4 Å². The first kappa shape index (κ1) is 17.9. The van der Waals surface area contributed by atoms with Gasteiger partial charge in [-0.15, -0.1) is 0 Å². The number of fused-ring (bicyclic) bond motifs is 1. The molecule has 142 valence electrons. The lowest BCUT2D eigenvalue weighted by molar-refractivity contribution is -0.139. The third kappa shape index (κ3) is 4.26. The zero-order valence-corrected chi connectivity index (χ0v) is 15.3. The Hall–Kier alpha value is -2.51. The smallest absolute Gasteiger partial charge is 0.341 e. The minimum absolute atomic E-state index is 0.343. The van der Waals surface area contributed by atoms with Gasteiger partial charge in [-0.2, -0.15) is 0 Å². The third-order valence-electron chi connectivity index (χ3n) is 5.30. The molecule has 1 N–H and O–H groups in total. The van der Waals surface area contributed by atoms with Gasteiger partial charge < -0.3 is 9.84 Å². The van der Waals surface area contributed by atoms with Crippen molar-refractivity contribution in [2.75, 3.05) is 32.8 Å². The van der Waals surface area contributed by atoms with Crippen LogP contribution in [0.15, 0.2) is 36.7 Å². The fourth-order valence-corrected chi connectivity index (χ4v) is 4.01. The Balaban J connectivity index is 1.56. The molecular formula is C20H24N4O3. The van der Waals surface area contributed by atoms with Crippen LogP contribution in [0.25, 0.3) is 11.4 Å². The monoisotopic (exact) mass is 368 g/mol.